The topological polar surface area (TPSA) is 118 Å². The number of hydrogen-bond donors (Lipinski definition) is 2. The van der Waals surface area contributed by atoms with Crippen LogP contribution in [0.15, 0.2) is 48.7 Å². The first-order valence-corrected chi connectivity index (χ1v) is 11.8. The molecule has 3 N–H and O–H groups in total. The highest BCUT2D eigenvalue weighted by Crippen LogP contribution is 2.28. The van der Waals surface area contributed by atoms with E-state index in [0.717, 1.165) is 23.9 Å². The SMILES string of the molecule is CCCCC(=O)N(CC(=O)OCC)c1ccc2c(c1)c(C(=O)Cc1ccc(C(=N)N)cc1)cn2C.Cl. The van der Waals surface area contributed by atoms with Crippen LogP contribution in [0.3, 0.4) is 0 Å². The van der Waals surface area contributed by atoms with Crippen LogP contribution >= 0.6 is 12.4 Å². The highest BCUT2D eigenvalue weighted by Gasteiger charge is 2.22. The molecule has 36 heavy (non-hydrogen) atoms. The van der Waals surface area contributed by atoms with Crippen molar-refractivity contribution in [2.24, 2.45) is 12.8 Å². The number of nitrogens with two attached hydrogens (primary N) is 1. The van der Waals surface area contributed by atoms with Gasteiger partial charge in [-0.05, 0) is 37.1 Å². The number of aryl methyl sites for hydroxylation is 1. The van der Waals surface area contributed by atoms with Crippen molar-refractivity contribution < 1.29 is 19.1 Å². The van der Waals surface area contributed by atoms with E-state index in [-0.39, 0.29) is 49.5 Å². The molecule has 192 valence electrons. The molecule has 2 aromatic carbocycles. The van der Waals surface area contributed by atoms with Gasteiger partial charge in [-0.3, -0.25) is 19.8 Å². The molecule has 1 aromatic heterocycles. The minimum absolute atomic E-state index is 0. The maximum atomic E-state index is 13.2. The van der Waals surface area contributed by atoms with Crippen LogP contribution in [-0.2, 0) is 27.8 Å². The second-order valence-corrected chi connectivity index (χ2v) is 8.45. The number of hydrogen-bond acceptors (Lipinski definition) is 5. The van der Waals surface area contributed by atoms with Crippen molar-refractivity contribution in [2.45, 2.75) is 39.5 Å². The number of ether oxygens (including phenoxy) is 1. The molecule has 0 radical (unpaired) electrons. The predicted octanol–water partition coefficient (Wildman–Crippen LogP) is 4.40. The van der Waals surface area contributed by atoms with Gasteiger partial charge in [-0.15, -0.1) is 12.4 Å². The largest absolute Gasteiger partial charge is 0.465 e. The molecule has 9 heteroatoms. The van der Waals surface area contributed by atoms with Crippen molar-refractivity contribution in [3.05, 3.63) is 65.4 Å². The zero-order valence-corrected chi connectivity index (χ0v) is 21.7. The number of amidine groups is 1. The maximum absolute atomic E-state index is 13.2. The molecular formula is C27H33ClN4O4. The molecule has 0 atom stereocenters. The summed E-state index contributed by atoms with van der Waals surface area (Å²) in [6.45, 7) is 3.79. The number of rotatable bonds is 11. The Hall–Kier alpha value is -3.65. The Morgan fingerprint density at radius 1 is 1.08 bits per heavy atom. The summed E-state index contributed by atoms with van der Waals surface area (Å²) in [5, 5.41) is 8.23. The summed E-state index contributed by atoms with van der Waals surface area (Å²) < 4.78 is 6.95. The van der Waals surface area contributed by atoms with E-state index in [1.165, 1.54) is 4.90 Å². The molecule has 0 aliphatic heterocycles. The van der Waals surface area contributed by atoms with E-state index < -0.39 is 5.97 Å². The molecule has 0 saturated carbocycles. The molecule has 0 fully saturated rings. The fourth-order valence-electron chi connectivity index (χ4n) is 3.98. The molecule has 8 nitrogen and oxygen atoms in total. The molecule has 0 spiro atoms. The summed E-state index contributed by atoms with van der Waals surface area (Å²) in [7, 11) is 1.86. The molecule has 0 aliphatic rings. The fraction of sp³-hybridized carbons (Fsp3) is 0.333. The van der Waals surface area contributed by atoms with Gasteiger partial charge in [0.2, 0.25) is 5.91 Å². The van der Waals surface area contributed by atoms with E-state index in [0.29, 0.717) is 28.6 Å². The van der Waals surface area contributed by atoms with Crippen molar-refractivity contribution >= 4 is 52.5 Å². The first-order chi connectivity index (χ1) is 16.7. The standard InChI is InChI=1S/C27H32N4O4.ClH/c1-4-6-7-25(33)31(17-26(34)35-5-2)20-12-13-23-21(15-20)22(16-30(23)3)24(32)14-18-8-10-19(11-9-18)27(28)29;/h8-13,15-16H,4-7,14,17H2,1-3H3,(H3,28,29);1H. The summed E-state index contributed by atoms with van der Waals surface area (Å²) in [5.74, 6) is -0.729. The van der Waals surface area contributed by atoms with Crippen LogP contribution in [-0.4, -0.2) is 41.2 Å². The highest BCUT2D eigenvalue weighted by atomic mass is 35.5. The molecule has 0 aliphatic carbocycles. The number of benzene rings is 2. The Morgan fingerprint density at radius 3 is 2.39 bits per heavy atom. The normalized spacial score (nSPS) is 10.5. The Bertz CT molecular complexity index is 1250. The zero-order valence-electron chi connectivity index (χ0n) is 20.9. The Balaban J connectivity index is 0.00000456. The third kappa shape index (κ3) is 6.73. The molecule has 1 amide bonds. The lowest BCUT2D eigenvalue weighted by atomic mass is 10.0. The second kappa shape index (κ2) is 12.9. The highest BCUT2D eigenvalue weighted by molar-refractivity contribution is 6.10. The first kappa shape index (κ1) is 28.6. The number of nitrogen functional groups attached to an aromatic ring is 1. The number of fused-ring (bicyclic) bond motifs is 1. The third-order valence-corrected chi connectivity index (χ3v) is 5.85. The first-order valence-electron chi connectivity index (χ1n) is 11.8. The van der Waals surface area contributed by atoms with Crippen molar-refractivity contribution in [1.82, 2.24) is 4.57 Å². The van der Waals surface area contributed by atoms with Crippen LogP contribution in [0.5, 0.6) is 0 Å². The van der Waals surface area contributed by atoms with Gasteiger partial charge in [0, 0.05) is 53.8 Å². The summed E-state index contributed by atoms with van der Waals surface area (Å²) >= 11 is 0. The minimum Gasteiger partial charge on any atom is -0.465 e. The summed E-state index contributed by atoms with van der Waals surface area (Å²) in [6.07, 6.45) is 3.88. The van der Waals surface area contributed by atoms with E-state index in [2.05, 4.69) is 0 Å². The van der Waals surface area contributed by atoms with Crippen LogP contribution in [0.4, 0.5) is 5.69 Å². The van der Waals surface area contributed by atoms with Crippen LogP contribution in [0.2, 0.25) is 0 Å². The summed E-state index contributed by atoms with van der Waals surface area (Å²) in [5.41, 5.74) is 8.87. The number of anilines is 1. The number of aromatic nitrogens is 1. The molecular weight excluding hydrogens is 480 g/mol. The van der Waals surface area contributed by atoms with Gasteiger partial charge < -0.3 is 19.9 Å². The van der Waals surface area contributed by atoms with E-state index >= 15 is 0 Å². The smallest absolute Gasteiger partial charge is 0.326 e. The summed E-state index contributed by atoms with van der Waals surface area (Å²) in [6, 6.07) is 12.5. The number of ketones is 1. The molecule has 3 aromatic rings. The monoisotopic (exact) mass is 512 g/mol. The predicted molar refractivity (Wildman–Crippen MR) is 144 cm³/mol. The van der Waals surface area contributed by atoms with E-state index in [1.807, 2.05) is 24.6 Å². The van der Waals surface area contributed by atoms with Gasteiger partial charge >= 0.3 is 5.97 Å². The van der Waals surface area contributed by atoms with Crippen LogP contribution in [0.1, 0.15) is 54.6 Å². The number of carbonyl (C=O) groups is 3. The van der Waals surface area contributed by atoms with Gasteiger partial charge in [0.15, 0.2) is 5.78 Å². The molecule has 0 bridgehead atoms. The summed E-state index contributed by atoms with van der Waals surface area (Å²) in [4.78, 5) is 39.8. The van der Waals surface area contributed by atoms with Gasteiger partial charge in [0.1, 0.15) is 12.4 Å². The third-order valence-electron chi connectivity index (χ3n) is 5.85. The Labute approximate surface area is 217 Å². The van der Waals surface area contributed by atoms with Gasteiger partial charge in [-0.2, -0.15) is 0 Å². The van der Waals surface area contributed by atoms with E-state index in [9.17, 15) is 14.4 Å². The van der Waals surface area contributed by atoms with Crippen LogP contribution in [0.25, 0.3) is 10.9 Å². The fourth-order valence-corrected chi connectivity index (χ4v) is 3.98. The number of nitrogens with one attached hydrogen (secondary N) is 1. The lowest BCUT2D eigenvalue weighted by Crippen LogP contribution is -2.36. The number of nitrogens with zero attached hydrogens (tertiary/aromatic N) is 2. The minimum atomic E-state index is -0.476. The molecule has 0 unspecified atom stereocenters. The lowest BCUT2D eigenvalue weighted by molar-refractivity contribution is -0.142. The lowest BCUT2D eigenvalue weighted by Gasteiger charge is -2.22. The number of Topliss-reactive ketones (excluding diaryl/α,β-unsaturated/α-hetero) is 1. The maximum Gasteiger partial charge on any atom is 0.326 e. The van der Waals surface area contributed by atoms with Crippen LogP contribution < -0.4 is 10.6 Å². The van der Waals surface area contributed by atoms with E-state index in [4.69, 9.17) is 15.9 Å². The number of halogens is 1. The number of carbonyl (C=O) groups excluding carboxylic acids is 3. The van der Waals surface area contributed by atoms with Gasteiger partial charge in [0.25, 0.3) is 0 Å². The second-order valence-electron chi connectivity index (χ2n) is 8.45. The van der Waals surface area contributed by atoms with E-state index in [1.54, 1.807) is 49.5 Å². The molecule has 3 rings (SSSR count). The van der Waals surface area contributed by atoms with Gasteiger partial charge in [0.05, 0.1) is 6.61 Å². The number of amides is 1. The zero-order chi connectivity index (χ0) is 25.5. The van der Waals surface area contributed by atoms with Gasteiger partial charge in [-0.25, -0.2) is 0 Å². The van der Waals surface area contributed by atoms with Crippen molar-refractivity contribution in [3.8, 4) is 0 Å². The van der Waals surface area contributed by atoms with Crippen molar-refractivity contribution in [3.63, 3.8) is 0 Å². The average Bonchev–Trinajstić information content (AvgIpc) is 3.17. The van der Waals surface area contributed by atoms with Crippen LogP contribution in [0, 0.1) is 5.41 Å². The average molecular weight is 513 g/mol. The van der Waals surface area contributed by atoms with Crippen molar-refractivity contribution in [2.75, 3.05) is 18.1 Å². The quantitative estimate of drug-likeness (QED) is 0.171. The molecule has 0 saturated heterocycles. The Morgan fingerprint density at radius 2 is 1.78 bits per heavy atom. The number of esters is 1. The molecule has 1 heterocycles. The number of unbranched alkanes of at least 4 members (excludes halogenated alkanes) is 1. The Kier molecular flexibility index (Phi) is 10.2. The van der Waals surface area contributed by atoms with Crippen molar-refractivity contribution in [1.29, 1.82) is 5.41 Å². The van der Waals surface area contributed by atoms with Gasteiger partial charge in [-0.1, -0.05) is 37.6 Å².